The van der Waals surface area contributed by atoms with Gasteiger partial charge in [0.2, 0.25) is 5.91 Å². The van der Waals surface area contributed by atoms with E-state index in [4.69, 9.17) is 4.74 Å². The normalized spacial score (nSPS) is 26.5. The molecule has 0 saturated carbocycles. The second-order valence-electron chi connectivity index (χ2n) is 6.63. The van der Waals surface area contributed by atoms with Crippen LogP contribution in [0, 0.1) is 34.8 Å². The summed E-state index contributed by atoms with van der Waals surface area (Å²) in [5, 5.41) is 12.0. The van der Waals surface area contributed by atoms with Crippen LogP contribution in [-0.4, -0.2) is 18.1 Å². The van der Waals surface area contributed by atoms with E-state index in [-0.39, 0.29) is 34.9 Å². The number of carbonyl (C=O) groups is 1. The highest BCUT2D eigenvalue weighted by Crippen LogP contribution is 2.43. The van der Waals surface area contributed by atoms with Gasteiger partial charge >= 0.3 is 0 Å². The summed E-state index contributed by atoms with van der Waals surface area (Å²) >= 11 is 0. The predicted octanol–water partition coefficient (Wildman–Crippen LogP) is 3.89. The molecule has 132 valence electrons. The molecule has 6 heteroatoms. The Morgan fingerprint density at radius 2 is 1.81 bits per heavy atom. The average Bonchev–Trinajstić information content (AvgIpc) is 3.23. The van der Waals surface area contributed by atoms with Crippen molar-refractivity contribution in [2.24, 2.45) is 11.8 Å². The fourth-order valence-corrected chi connectivity index (χ4v) is 3.89. The Kier molecular flexibility index (Phi) is 4.17. The molecule has 0 aliphatic carbocycles. The van der Waals surface area contributed by atoms with Crippen LogP contribution in [0.4, 0.5) is 14.5 Å². The summed E-state index contributed by atoms with van der Waals surface area (Å²) in [6.07, 6.45) is 1.09. The van der Waals surface area contributed by atoms with Gasteiger partial charge < -0.3 is 10.1 Å². The fraction of sp³-hybridized carbons (Fsp3) is 0.300. The van der Waals surface area contributed by atoms with Gasteiger partial charge in [-0.05, 0) is 37.1 Å². The van der Waals surface area contributed by atoms with Crippen molar-refractivity contribution in [1.29, 1.82) is 5.26 Å². The molecule has 2 heterocycles. The molecule has 1 N–H and O–H groups in total. The van der Waals surface area contributed by atoms with E-state index in [9.17, 15) is 18.8 Å². The number of nitriles is 1. The van der Waals surface area contributed by atoms with E-state index in [0.717, 1.165) is 18.9 Å². The number of nitrogens with one attached hydrogen (secondary N) is 1. The largest absolute Gasteiger partial charge is 0.373 e. The van der Waals surface area contributed by atoms with Crippen molar-refractivity contribution in [3.63, 3.8) is 0 Å². The number of anilines is 1. The Hall–Kier alpha value is -2.78. The van der Waals surface area contributed by atoms with Crippen LogP contribution in [0.15, 0.2) is 42.5 Å². The second-order valence-corrected chi connectivity index (χ2v) is 6.63. The Balaban J connectivity index is 1.55. The molecule has 2 aliphatic rings. The van der Waals surface area contributed by atoms with E-state index in [2.05, 4.69) is 11.4 Å². The van der Waals surface area contributed by atoms with Gasteiger partial charge in [-0.3, -0.25) is 4.79 Å². The lowest BCUT2D eigenvalue weighted by Crippen LogP contribution is -2.36. The monoisotopic (exact) mass is 354 g/mol. The topological polar surface area (TPSA) is 62.1 Å². The summed E-state index contributed by atoms with van der Waals surface area (Å²) in [5.74, 6) is -2.51. The van der Waals surface area contributed by atoms with Crippen molar-refractivity contribution in [3.8, 4) is 17.2 Å². The van der Waals surface area contributed by atoms with E-state index in [1.165, 1.54) is 30.3 Å². The maximum absolute atomic E-state index is 14.4. The number of rotatable bonds is 3. The van der Waals surface area contributed by atoms with Crippen molar-refractivity contribution < 1.29 is 18.3 Å². The summed E-state index contributed by atoms with van der Waals surface area (Å²) in [6.45, 7) is 0. The van der Waals surface area contributed by atoms with Gasteiger partial charge in [0.15, 0.2) is 0 Å². The summed E-state index contributed by atoms with van der Waals surface area (Å²) in [6, 6.07) is 12.2. The van der Waals surface area contributed by atoms with Crippen LogP contribution in [0.2, 0.25) is 0 Å². The van der Waals surface area contributed by atoms with Gasteiger partial charge in [-0.15, -0.1) is 0 Å². The van der Waals surface area contributed by atoms with Crippen molar-refractivity contribution in [2.75, 3.05) is 5.32 Å². The third kappa shape index (κ3) is 2.74. The van der Waals surface area contributed by atoms with Crippen LogP contribution in [-0.2, 0) is 9.53 Å². The van der Waals surface area contributed by atoms with Gasteiger partial charge in [-0.1, -0.05) is 18.2 Å². The molecule has 4 atom stereocenters. The molecule has 4 rings (SSSR count). The number of nitrogens with zero attached hydrogens (tertiary/aromatic N) is 1. The summed E-state index contributed by atoms with van der Waals surface area (Å²) in [5.41, 5.74) is 0.556. The summed E-state index contributed by atoms with van der Waals surface area (Å²) < 4.78 is 34.0. The van der Waals surface area contributed by atoms with Crippen LogP contribution < -0.4 is 5.32 Å². The molecule has 0 spiro atoms. The smallest absolute Gasteiger partial charge is 0.231 e. The number of carbonyl (C=O) groups excluding carboxylic acids is 1. The Morgan fingerprint density at radius 3 is 2.54 bits per heavy atom. The van der Waals surface area contributed by atoms with Crippen LogP contribution in [0.3, 0.4) is 0 Å². The number of halogens is 2. The number of hydrogen-bond acceptors (Lipinski definition) is 3. The molecule has 1 amide bonds. The molecule has 2 aliphatic heterocycles. The number of amides is 1. The minimum Gasteiger partial charge on any atom is -0.373 e. The first-order valence-electron chi connectivity index (χ1n) is 8.49. The van der Waals surface area contributed by atoms with E-state index in [1.807, 2.05) is 0 Å². The van der Waals surface area contributed by atoms with Gasteiger partial charge in [-0.2, -0.15) is 5.26 Å². The zero-order chi connectivity index (χ0) is 18.3. The van der Waals surface area contributed by atoms with Crippen molar-refractivity contribution in [2.45, 2.75) is 25.0 Å². The Labute approximate surface area is 149 Å². The second kappa shape index (κ2) is 6.50. The van der Waals surface area contributed by atoms with Gasteiger partial charge in [0.1, 0.15) is 11.6 Å². The van der Waals surface area contributed by atoms with E-state index < -0.39 is 23.5 Å². The van der Waals surface area contributed by atoms with Gasteiger partial charge in [0, 0.05) is 16.8 Å². The minimum absolute atomic E-state index is 0.124. The van der Waals surface area contributed by atoms with Crippen molar-refractivity contribution in [1.82, 2.24) is 0 Å². The highest BCUT2D eigenvalue weighted by atomic mass is 19.1. The lowest BCUT2D eigenvalue weighted by molar-refractivity contribution is -0.122. The molecular weight excluding hydrogens is 338 g/mol. The lowest BCUT2D eigenvalue weighted by atomic mass is 9.79. The third-order valence-corrected chi connectivity index (χ3v) is 5.13. The Morgan fingerprint density at radius 1 is 1.08 bits per heavy atom. The zero-order valence-electron chi connectivity index (χ0n) is 13.8. The molecule has 2 bridgehead atoms. The van der Waals surface area contributed by atoms with Crippen LogP contribution in [0.5, 0.6) is 0 Å². The third-order valence-electron chi connectivity index (χ3n) is 5.13. The van der Waals surface area contributed by atoms with E-state index in [0.29, 0.717) is 0 Å². The number of fused-ring (bicyclic) bond motifs is 2. The quantitative estimate of drug-likeness (QED) is 0.910. The minimum atomic E-state index is -0.631. The van der Waals surface area contributed by atoms with Crippen LogP contribution in [0.25, 0.3) is 11.1 Å². The van der Waals surface area contributed by atoms with E-state index in [1.54, 1.807) is 6.07 Å². The molecule has 2 fully saturated rings. The van der Waals surface area contributed by atoms with Gasteiger partial charge in [0.25, 0.3) is 0 Å². The maximum Gasteiger partial charge on any atom is 0.231 e. The number of benzene rings is 2. The molecule has 2 saturated heterocycles. The first-order valence-corrected chi connectivity index (χ1v) is 8.49. The van der Waals surface area contributed by atoms with Crippen molar-refractivity contribution in [3.05, 3.63) is 54.1 Å². The highest BCUT2D eigenvalue weighted by Gasteiger charge is 2.52. The van der Waals surface area contributed by atoms with E-state index >= 15 is 0 Å². The predicted molar refractivity (Wildman–Crippen MR) is 90.9 cm³/mol. The average molecular weight is 354 g/mol. The summed E-state index contributed by atoms with van der Waals surface area (Å²) in [4.78, 5) is 12.6. The first-order chi connectivity index (χ1) is 12.6. The van der Waals surface area contributed by atoms with Gasteiger partial charge in [-0.25, -0.2) is 8.78 Å². The molecule has 26 heavy (non-hydrogen) atoms. The maximum atomic E-state index is 14.4. The number of hydrogen-bond donors (Lipinski definition) is 1. The molecule has 4 nitrogen and oxygen atoms in total. The lowest BCUT2D eigenvalue weighted by Gasteiger charge is -2.22. The standard InChI is InChI=1S/C20H16F2N2O2/c21-15-4-2-1-3-12(15)13-6-5-11(9-16(13)22)24-20(25)19-14(10-23)17-7-8-18(19)26-17/h1-6,9,14,17-19H,7-8H2,(H,24,25)/t14-,17-,18?,19-/m1/s1. The molecule has 2 aromatic rings. The first kappa shape index (κ1) is 16.7. The molecule has 0 aromatic heterocycles. The number of ether oxygens (including phenoxy) is 1. The van der Waals surface area contributed by atoms with Crippen LogP contribution >= 0.6 is 0 Å². The van der Waals surface area contributed by atoms with Gasteiger partial charge in [0.05, 0.1) is 30.1 Å². The highest BCUT2D eigenvalue weighted by molar-refractivity contribution is 5.94. The Bertz CT molecular complexity index is 909. The summed E-state index contributed by atoms with van der Waals surface area (Å²) in [7, 11) is 0. The molecular formula is C20H16F2N2O2. The van der Waals surface area contributed by atoms with Crippen LogP contribution in [0.1, 0.15) is 12.8 Å². The fourth-order valence-electron chi connectivity index (χ4n) is 3.89. The zero-order valence-corrected chi connectivity index (χ0v) is 13.8. The van der Waals surface area contributed by atoms with Crippen molar-refractivity contribution >= 4 is 11.6 Å². The molecule has 2 aromatic carbocycles. The SMILES string of the molecule is N#C[C@@H]1[C@H]2CCC(O2)[C@@H]1C(=O)Nc1ccc(-c2ccccc2F)c(F)c1. The molecule has 1 unspecified atom stereocenters. The molecule has 0 radical (unpaired) electrons.